The van der Waals surface area contributed by atoms with Gasteiger partial charge in [0.2, 0.25) is 0 Å². The minimum Gasteiger partial charge on any atom is -0.398 e. The molecular formula is C14H21ClN2O. The zero-order valence-electron chi connectivity index (χ0n) is 11.4. The van der Waals surface area contributed by atoms with E-state index in [-0.39, 0.29) is 11.9 Å². The van der Waals surface area contributed by atoms with Gasteiger partial charge in [-0.2, -0.15) is 0 Å². The van der Waals surface area contributed by atoms with Crippen LogP contribution in [0.3, 0.4) is 0 Å². The van der Waals surface area contributed by atoms with Crippen LogP contribution in [0.1, 0.15) is 38.1 Å². The Morgan fingerprint density at radius 1 is 1.33 bits per heavy atom. The number of nitrogens with two attached hydrogens (primary N) is 1. The Morgan fingerprint density at radius 3 is 2.44 bits per heavy atom. The molecule has 0 aromatic heterocycles. The maximum absolute atomic E-state index is 12.5. The fourth-order valence-corrected chi connectivity index (χ4v) is 1.96. The van der Waals surface area contributed by atoms with Gasteiger partial charge in [0, 0.05) is 23.3 Å². The molecule has 2 N–H and O–H groups in total. The lowest BCUT2D eigenvalue weighted by molar-refractivity contribution is 0.0683. The number of halogens is 1. The Morgan fingerprint density at radius 2 is 1.94 bits per heavy atom. The van der Waals surface area contributed by atoms with Crippen molar-refractivity contribution in [1.82, 2.24) is 4.90 Å². The zero-order valence-corrected chi connectivity index (χ0v) is 12.2. The first-order valence-electron chi connectivity index (χ1n) is 6.19. The topological polar surface area (TPSA) is 46.3 Å². The molecule has 0 fully saturated rings. The molecule has 0 heterocycles. The Kier molecular flexibility index (Phi) is 5.03. The van der Waals surface area contributed by atoms with Crippen molar-refractivity contribution in [3.63, 3.8) is 0 Å². The second kappa shape index (κ2) is 6.10. The maximum atomic E-state index is 12.5. The first-order valence-corrected chi connectivity index (χ1v) is 6.56. The second-order valence-electron chi connectivity index (χ2n) is 5.18. The largest absolute Gasteiger partial charge is 0.398 e. The fraction of sp³-hybridized carbons (Fsp3) is 0.500. The summed E-state index contributed by atoms with van der Waals surface area (Å²) in [6.07, 6.45) is 0. The Labute approximate surface area is 114 Å². The van der Waals surface area contributed by atoms with E-state index in [2.05, 4.69) is 13.8 Å². The third-order valence-electron chi connectivity index (χ3n) is 2.69. The number of hydrogen-bond donors (Lipinski definition) is 1. The van der Waals surface area contributed by atoms with Crippen molar-refractivity contribution in [3.8, 4) is 0 Å². The Hall–Kier alpha value is -1.22. The number of hydrogen-bond acceptors (Lipinski definition) is 2. The summed E-state index contributed by atoms with van der Waals surface area (Å²) in [5, 5.41) is 0.529. The highest BCUT2D eigenvalue weighted by Gasteiger charge is 2.21. The molecule has 0 saturated carbocycles. The molecule has 4 heteroatoms. The minimum atomic E-state index is -0.0568. The molecule has 0 radical (unpaired) electrons. The van der Waals surface area contributed by atoms with Crippen molar-refractivity contribution >= 4 is 23.2 Å². The monoisotopic (exact) mass is 268 g/mol. The van der Waals surface area contributed by atoms with Gasteiger partial charge in [-0.25, -0.2) is 0 Å². The van der Waals surface area contributed by atoms with Crippen LogP contribution in [0.2, 0.25) is 5.02 Å². The van der Waals surface area contributed by atoms with Gasteiger partial charge in [-0.05, 0) is 38.0 Å². The van der Waals surface area contributed by atoms with Gasteiger partial charge in [0.15, 0.2) is 0 Å². The number of nitrogen functional groups attached to an aromatic ring is 1. The van der Waals surface area contributed by atoms with E-state index in [0.29, 0.717) is 28.7 Å². The first-order chi connectivity index (χ1) is 8.32. The number of benzene rings is 1. The summed E-state index contributed by atoms with van der Waals surface area (Å²) in [4.78, 5) is 14.3. The van der Waals surface area contributed by atoms with Crippen LogP contribution in [0.5, 0.6) is 0 Å². The predicted octanol–water partition coefficient (Wildman–Crippen LogP) is 3.43. The second-order valence-corrected chi connectivity index (χ2v) is 5.61. The zero-order chi connectivity index (χ0) is 13.9. The van der Waals surface area contributed by atoms with Crippen LogP contribution in [-0.4, -0.2) is 23.4 Å². The summed E-state index contributed by atoms with van der Waals surface area (Å²) in [5.41, 5.74) is 6.81. The summed E-state index contributed by atoms with van der Waals surface area (Å²) in [6, 6.07) is 5.13. The molecule has 0 saturated heterocycles. The number of anilines is 1. The van der Waals surface area contributed by atoms with Gasteiger partial charge in [0.05, 0.1) is 5.56 Å². The predicted molar refractivity (Wildman–Crippen MR) is 76.9 cm³/mol. The molecule has 0 bridgehead atoms. The molecule has 18 heavy (non-hydrogen) atoms. The summed E-state index contributed by atoms with van der Waals surface area (Å²) in [5.74, 6) is 0.357. The summed E-state index contributed by atoms with van der Waals surface area (Å²) in [6.45, 7) is 8.89. The summed E-state index contributed by atoms with van der Waals surface area (Å²) < 4.78 is 0. The number of nitrogens with zero attached hydrogens (tertiary/aromatic N) is 1. The van der Waals surface area contributed by atoms with Crippen molar-refractivity contribution in [1.29, 1.82) is 0 Å². The molecule has 0 aliphatic heterocycles. The van der Waals surface area contributed by atoms with Crippen molar-refractivity contribution in [2.75, 3.05) is 12.3 Å². The summed E-state index contributed by atoms with van der Waals surface area (Å²) in [7, 11) is 0. The molecule has 0 atom stereocenters. The van der Waals surface area contributed by atoms with Gasteiger partial charge >= 0.3 is 0 Å². The standard InChI is InChI=1S/C14H21ClN2O/c1-9(2)8-17(10(3)4)14(18)12-7-11(15)5-6-13(12)16/h5-7,9-10H,8,16H2,1-4H3. The lowest BCUT2D eigenvalue weighted by atomic mass is 10.1. The van der Waals surface area contributed by atoms with Crippen molar-refractivity contribution < 1.29 is 4.79 Å². The van der Waals surface area contributed by atoms with Gasteiger partial charge in [0.25, 0.3) is 5.91 Å². The molecule has 1 aromatic carbocycles. The highest BCUT2D eigenvalue weighted by atomic mass is 35.5. The molecule has 1 rings (SSSR count). The summed E-state index contributed by atoms with van der Waals surface area (Å²) >= 11 is 5.92. The van der Waals surface area contributed by atoms with E-state index in [4.69, 9.17) is 17.3 Å². The van der Waals surface area contributed by atoms with Crippen LogP contribution in [0, 0.1) is 5.92 Å². The number of carbonyl (C=O) groups excluding carboxylic acids is 1. The normalized spacial score (nSPS) is 11.1. The highest BCUT2D eigenvalue weighted by Crippen LogP contribution is 2.21. The van der Waals surface area contributed by atoms with Gasteiger partial charge in [-0.1, -0.05) is 25.4 Å². The third-order valence-corrected chi connectivity index (χ3v) is 2.93. The molecule has 0 spiro atoms. The van der Waals surface area contributed by atoms with Gasteiger partial charge in [-0.3, -0.25) is 4.79 Å². The first kappa shape index (κ1) is 14.8. The quantitative estimate of drug-likeness (QED) is 0.851. The number of amides is 1. The van der Waals surface area contributed by atoms with E-state index in [1.54, 1.807) is 18.2 Å². The molecule has 0 aliphatic carbocycles. The lowest BCUT2D eigenvalue weighted by Crippen LogP contribution is -2.39. The molecule has 0 unspecified atom stereocenters. The van der Waals surface area contributed by atoms with Crippen LogP contribution in [0.15, 0.2) is 18.2 Å². The molecule has 100 valence electrons. The molecule has 3 nitrogen and oxygen atoms in total. The van der Waals surface area contributed by atoms with Crippen molar-refractivity contribution in [2.24, 2.45) is 5.92 Å². The Bertz CT molecular complexity index is 430. The Balaban J connectivity index is 3.05. The SMILES string of the molecule is CC(C)CN(C(=O)c1cc(Cl)ccc1N)C(C)C. The molecule has 1 amide bonds. The van der Waals surface area contributed by atoms with E-state index in [0.717, 1.165) is 0 Å². The van der Waals surface area contributed by atoms with Crippen LogP contribution < -0.4 is 5.73 Å². The average Bonchev–Trinajstić information content (AvgIpc) is 2.27. The van der Waals surface area contributed by atoms with E-state index >= 15 is 0 Å². The van der Waals surface area contributed by atoms with Crippen LogP contribution in [0.4, 0.5) is 5.69 Å². The van der Waals surface area contributed by atoms with Gasteiger partial charge < -0.3 is 10.6 Å². The average molecular weight is 269 g/mol. The minimum absolute atomic E-state index is 0.0568. The van der Waals surface area contributed by atoms with E-state index in [9.17, 15) is 4.79 Å². The fourth-order valence-electron chi connectivity index (χ4n) is 1.79. The van der Waals surface area contributed by atoms with Crippen LogP contribution in [0.25, 0.3) is 0 Å². The van der Waals surface area contributed by atoms with Crippen LogP contribution in [-0.2, 0) is 0 Å². The highest BCUT2D eigenvalue weighted by molar-refractivity contribution is 6.31. The van der Waals surface area contributed by atoms with E-state index in [1.807, 2.05) is 18.7 Å². The molecular weight excluding hydrogens is 248 g/mol. The lowest BCUT2D eigenvalue weighted by Gasteiger charge is -2.29. The third kappa shape index (κ3) is 3.64. The smallest absolute Gasteiger partial charge is 0.256 e. The van der Waals surface area contributed by atoms with Gasteiger partial charge in [0.1, 0.15) is 0 Å². The molecule has 0 aliphatic rings. The van der Waals surface area contributed by atoms with Crippen LogP contribution >= 0.6 is 11.6 Å². The van der Waals surface area contributed by atoms with Crippen molar-refractivity contribution in [3.05, 3.63) is 28.8 Å². The molecule has 1 aromatic rings. The number of rotatable bonds is 4. The van der Waals surface area contributed by atoms with Gasteiger partial charge in [-0.15, -0.1) is 0 Å². The maximum Gasteiger partial charge on any atom is 0.256 e. The number of carbonyl (C=O) groups is 1. The van der Waals surface area contributed by atoms with E-state index in [1.165, 1.54) is 0 Å². The van der Waals surface area contributed by atoms with Crippen molar-refractivity contribution in [2.45, 2.75) is 33.7 Å². The van der Waals surface area contributed by atoms with E-state index < -0.39 is 0 Å².